The second-order valence-electron chi connectivity index (χ2n) is 11.1. The van der Waals surface area contributed by atoms with Gasteiger partial charge >= 0.3 is 5.97 Å². The van der Waals surface area contributed by atoms with Gasteiger partial charge in [-0.3, -0.25) is 4.79 Å². The highest BCUT2D eigenvalue weighted by Gasteiger charge is 2.56. The van der Waals surface area contributed by atoms with Gasteiger partial charge in [-0.1, -0.05) is 0 Å². The lowest BCUT2D eigenvalue weighted by Gasteiger charge is -2.47. The van der Waals surface area contributed by atoms with Gasteiger partial charge in [0.15, 0.2) is 35.6 Å². The Morgan fingerprint density at radius 2 is 1.57 bits per heavy atom. The van der Waals surface area contributed by atoms with Gasteiger partial charge in [0.25, 0.3) is 0 Å². The van der Waals surface area contributed by atoms with Crippen molar-refractivity contribution < 1.29 is 62.7 Å². The van der Waals surface area contributed by atoms with E-state index in [0.29, 0.717) is 28.2 Å². The number of phenols is 1. The molecule has 10 atom stereocenters. The maximum atomic E-state index is 13.4. The standard InChI is InChI=1S/C29H32O13/c1-11-8-37-29-26(40-11)23(31)24(32)28(42-29)41-25-14-7-17-16(38-10-39-17)6-13(14)20(21-15(25)9-36-27(21)33)12-4-18(34-2)22(30)19(5-12)35-3/h4-7,11,15,20-21,23-26,28-32H,8-10H2,1-3H3/t11-,15+,20-,21+,23-,24-,25-,26+,28-,29+/m1/s1. The lowest BCUT2D eigenvalue weighted by Crippen LogP contribution is -2.63. The van der Waals surface area contributed by atoms with Crippen molar-refractivity contribution in [1.82, 2.24) is 0 Å². The number of carbonyl (C=O) groups is 1. The van der Waals surface area contributed by atoms with Gasteiger partial charge in [0.05, 0.1) is 45.6 Å². The summed E-state index contributed by atoms with van der Waals surface area (Å²) in [5.74, 6) is -1.06. The molecule has 7 rings (SSSR count). The number of aliphatic hydroxyl groups is 2. The molecule has 13 heteroatoms. The molecular formula is C29H32O13. The minimum atomic E-state index is -1.46. The van der Waals surface area contributed by atoms with Crippen molar-refractivity contribution >= 4 is 5.97 Å². The van der Waals surface area contributed by atoms with Crippen LogP contribution in [0.3, 0.4) is 0 Å². The molecule has 0 amide bonds. The van der Waals surface area contributed by atoms with Gasteiger partial charge in [0, 0.05) is 11.8 Å². The summed E-state index contributed by atoms with van der Waals surface area (Å²) in [7, 11) is 2.86. The number of aliphatic hydroxyl groups excluding tert-OH is 2. The van der Waals surface area contributed by atoms with Gasteiger partial charge in [-0.15, -0.1) is 0 Å². The summed E-state index contributed by atoms with van der Waals surface area (Å²) in [6.45, 7) is 2.12. The summed E-state index contributed by atoms with van der Waals surface area (Å²) in [4.78, 5) is 13.4. The van der Waals surface area contributed by atoms with E-state index in [-0.39, 0.29) is 43.4 Å². The topological polar surface area (TPSA) is 161 Å². The van der Waals surface area contributed by atoms with Crippen molar-refractivity contribution in [2.24, 2.45) is 11.8 Å². The van der Waals surface area contributed by atoms with Gasteiger partial charge in [0.1, 0.15) is 18.3 Å². The predicted octanol–water partition coefficient (Wildman–Crippen LogP) is 1.34. The average Bonchev–Trinajstić information content (AvgIpc) is 3.61. The van der Waals surface area contributed by atoms with Crippen LogP contribution in [0.25, 0.3) is 0 Å². The van der Waals surface area contributed by atoms with E-state index in [2.05, 4.69) is 0 Å². The molecule has 0 radical (unpaired) electrons. The minimum Gasteiger partial charge on any atom is -0.502 e. The van der Waals surface area contributed by atoms with Crippen molar-refractivity contribution in [2.75, 3.05) is 34.2 Å². The molecule has 0 saturated carbocycles. The number of cyclic esters (lactones) is 1. The molecule has 2 aromatic rings. The van der Waals surface area contributed by atoms with E-state index in [1.54, 1.807) is 31.2 Å². The molecule has 3 fully saturated rings. The molecule has 1 aliphatic carbocycles. The molecule has 3 saturated heterocycles. The van der Waals surface area contributed by atoms with Crippen LogP contribution in [0.15, 0.2) is 24.3 Å². The molecule has 2 aromatic carbocycles. The van der Waals surface area contributed by atoms with Crippen LogP contribution < -0.4 is 18.9 Å². The highest BCUT2D eigenvalue weighted by Crippen LogP contribution is 2.57. The molecule has 42 heavy (non-hydrogen) atoms. The van der Waals surface area contributed by atoms with Gasteiger partial charge in [-0.2, -0.15) is 0 Å². The normalized spacial score (nSPS) is 36.5. The Labute approximate surface area is 240 Å². The first-order chi connectivity index (χ1) is 20.3. The number of esters is 1. The number of carbonyl (C=O) groups excluding carboxylic acids is 1. The van der Waals surface area contributed by atoms with Crippen molar-refractivity contribution in [3.05, 3.63) is 41.0 Å². The first-order valence-corrected chi connectivity index (χ1v) is 13.8. The SMILES string of the molecule is COc1cc([C@@H]2c3cc4c(cc3[C@@H](O[C@@H]3O[C@@H]5OC[C@@H](C)O[C@H]5[C@H](O)[C@H]3O)[C@H]3COC(=O)[C@H]23)OCO4)cc(OC)c1O. The highest BCUT2D eigenvalue weighted by atomic mass is 16.8. The van der Waals surface area contributed by atoms with Crippen molar-refractivity contribution in [1.29, 1.82) is 0 Å². The molecule has 13 nitrogen and oxygen atoms in total. The van der Waals surface area contributed by atoms with Crippen molar-refractivity contribution in [3.8, 4) is 28.7 Å². The number of methoxy groups -OCH3 is 2. The number of fused-ring (bicyclic) bond motifs is 4. The second-order valence-corrected chi connectivity index (χ2v) is 11.1. The average molecular weight is 589 g/mol. The number of phenolic OH excluding ortho intramolecular Hbond substituents is 1. The van der Waals surface area contributed by atoms with Crippen LogP contribution in [-0.2, 0) is 28.5 Å². The molecule has 226 valence electrons. The smallest absolute Gasteiger partial charge is 0.310 e. The fourth-order valence-electron chi connectivity index (χ4n) is 6.66. The number of hydrogen-bond acceptors (Lipinski definition) is 13. The van der Waals surface area contributed by atoms with E-state index < -0.39 is 60.7 Å². The molecular weight excluding hydrogens is 556 g/mol. The van der Waals surface area contributed by atoms with Gasteiger partial charge in [-0.05, 0) is 47.9 Å². The zero-order valence-electron chi connectivity index (χ0n) is 23.1. The van der Waals surface area contributed by atoms with Crippen LogP contribution in [0.1, 0.15) is 35.6 Å². The first-order valence-electron chi connectivity index (χ1n) is 13.8. The molecule has 3 N–H and O–H groups in total. The van der Waals surface area contributed by atoms with Crippen LogP contribution in [0.5, 0.6) is 28.7 Å². The molecule has 0 aromatic heterocycles. The summed E-state index contributed by atoms with van der Waals surface area (Å²) < 4.78 is 51.7. The van der Waals surface area contributed by atoms with E-state index in [4.69, 9.17) is 42.6 Å². The Hall–Kier alpha value is -3.33. The van der Waals surface area contributed by atoms with Gasteiger partial charge in [0.2, 0.25) is 12.5 Å². The third-order valence-electron chi connectivity index (χ3n) is 8.65. The molecule has 4 heterocycles. The number of aromatic hydroxyl groups is 1. The molecule has 5 aliphatic rings. The van der Waals surface area contributed by atoms with E-state index in [9.17, 15) is 20.1 Å². The Morgan fingerprint density at radius 3 is 2.26 bits per heavy atom. The van der Waals surface area contributed by atoms with Crippen molar-refractivity contribution in [2.45, 2.75) is 55.9 Å². The third-order valence-corrected chi connectivity index (χ3v) is 8.65. The summed E-state index contributed by atoms with van der Waals surface area (Å²) >= 11 is 0. The lowest BCUT2D eigenvalue weighted by molar-refractivity contribution is -0.390. The van der Waals surface area contributed by atoms with Crippen LogP contribution in [-0.4, -0.2) is 92.5 Å². The second kappa shape index (κ2) is 10.4. The molecule has 4 aliphatic heterocycles. The van der Waals surface area contributed by atoms with E-state index in [0.717, 1.165) is 0 Å². The Balaban J connectivity index is 1.32. The van der Waals surface area contributed by atoms with E-state index in [1.165, 1.54) is 14.2 Å². The zero-order valence-corrected chi connectivity index (χ0v) is 23.1. The Bertz CT molecular complexity index is 1350. The highest BCUT2D eigenvalue weighted by molar-refractivity contribution is 5.79. The van der Waals surface area contributed by atoms with Gasteiger partial charge < -0.3 is 58.0 Å². The van der Waals surface area contributed by atoms with Crippen LogP contribution in [0, 0.1) is 11.8 Å². The summed E-state index contributed by atoms with van der Waals surface area (Å²) in [6, 6.07) is 6.91. The fourth-order valence-corrected chi connectivity index (χ4v) is 6.66. The van der Waals surface area contributed by atoms with Crippen molar-refractivity contribution in [3.63, 3.8) is 0 Å². The Morgan fingerprint density at radius 1 is 0.881 bits per heavy atom. The fraction of sp³-hybridized carbons (Fsp3) is 0.552. The monoisotopic (exact) mass is 588 g/mol. The molecule has 0 bridgehead atoms. The maximum Gasteiger partial charge on any atom is 0.310 e. The quantitative estimate of drug-likeness (QED) is 0.430. The lowest BCUT2D eigenvalue weighted by atomic mass is 9.66. The first kappa shape index (κ1) is 27.5. The van der Waals surface area contributed by atoms with E-state index in [1.807, 2.05) is 0 Å². The summed E-state index contributed by atoms with van der Waals surface area (Å²) in [5, 5.41) is 32.5. The van der Waals surface area contributed by atoms with Gasteiger partial charge in [-0.25, -0.2) is 0 Å². The minimum absolute atomic E-state index is 0.0274. The maximum absolute atomic E-state index is 13.4. The summed E-state index contributed by atoms with van der Waals surface area (Å²) in [5.41, 5.74) is 1.99. The predicted molar refractivity (Wildman–Crippen MR) is 138 cm³/mol. The van der Waals surface area contributed by atoms with Crippen LogP contribution >= 0.6 is 0 Å². The Kier molecular flexibility index (Phi) is 6.83. The van der Waals surface area contributed by atoms with Crippen LogP contribution in [0.2, 0.25) is 0 Å². The molecule has 0 unspecified atom stereocenters. The number of hydrogen-bond donors (Lipinski definition) is 3. The largest absolute Gasteiger partial charge is 0.502 e. The molecule has 0 spiro atoms. The number of ether oxygens (including phenoxy) is 9. The van der Waals surface area contributed by atoms with Crippen LogP contribution in [0.4, 0.5) is 0 Å². The number of benzene rings is 2. The van der Waals surface area contributed by atoms with E-state index >= 15 is 0 Å². The summed E-state index contributed by atoms with van der Waals surface area (Å²) in [6.07, 6.45) is -7.02. The zero-order chi connectivity index (χ0) is 29.3. The third kappa shape index (κ3) is 4.26. The number of rotatable bonds is 5.